The lowest BCUT2D eigenvalue weighted by Gasteiger charge is -2.25. The van der Waals surface area contributed by atoms with E-state index in [1.807, 2.05) is 0 Å². The fourth-order valence-corrected chi connectivity index (χ4v) is 2.11. The maximum Gasteiger partial charge on any atom is 0.276 e. The molecule has 0 fully saturated rings. The molecule has 0 bridgehead atoms. The molecule has 0 spiro atoms. The van der Waals surface area contributed by atoms with Crippen LogP contribution in [0.1, 0.15) is 46.5 Å². The lowest BCUT2D eigenvalue weighted by Crippen LogP contribution is -2.23. The Morgan fingerprint density at radius 2 is 1.95 bits per heavy atom. The molecule has 1 aromatic rings. The third-order valence-electron chi connectivity index (χ3n) is 3.48. The molecule has 0 unspecified atom stereocenters. The Kier molecular flexibility index (Phi) is 6.39. The number of nitrogens with one attached hydrogen (secondary N) is 2. The van der Waals surface area contributed by atoms with E-state index < -0.39 is 4.92 Å². The summed E-state index contributed by atoms with van der Waals surface area (Å²) in [6, 6.07) is 2.90. The molecule has 0 aliphatic carbocycles. The molecule has 0 aliphatic rings. The third-order valence-corrected chi connectivity index (χ3v) is 3.48. The van der Waals surface area contributed by atoms with Gasteiger partial charge < -0.3 is 10.6 Å². The van der Waals surface area contributed by atoms with Gasteiger partial charge in [-0.15, -0.1) is 0 Å². The van der Waals surface area contributed by atoms with Crippen molar-refractivity contribution in [3.05, 3.63) is 22.2 Å². The molecule has 6 nitrogen and oxygen atoms in total. The number of nitrogens with zero attached hydrogens (tertiary/aromatic N) is 2. The molecule has 0 saturated heterocycles. The first-order chi connectivity index (χ1) is 9.88. The van der Waals surface area contributed by atoms with Crippen LogP contribution in [0.2, 0.25) is 0 Å². The van der Waals surface area contributed by atoms with E-state index >= 15 is 0 Å². The Hall–Kier alpha value is -1.85. The summed E-state index contributed by atoms with van der Waals surface area (Å²) < 4.78 is 0. The van der Waals surface area contributed by atoms with E-state index in [4.69, 9.17) is 0 Å². The largest absolute Gasteiger partial charge is 0.373 e. The molecule has 2 N–H and O–H groups in total. The van der Waals surface area contributed by atoms with E-state index in [1.54, 1.807) is 7.05 Å². The smallest absolute Gasteiger partial charge is 0.276 e. The number of pyridine rings is 1. The zero-order chi connectivity index (χ0) is 15.9. The van der Waals surface area contributed by atoms with Gasteiger partial charge in [-0.25, -0.2) is 4.98 Å². The average Bonchev–Trinajstić information content (AvgIpc) is 2.45. The van der Waals surface area contributed by atoms with Crippen molar-refractivity contribution < 1.29 is 4.92 Å². The summed E-state index contributed by atoms with van der Waals surface area (Å²) in [7, 11) is 1.70. The van der Waals surface area contributed by atoms with Crippen LogP contribution < -0.4 is 10.6 Å². The van der Waals surface area contributed by atoms with Gasteiger partial charge in [0.15, 0.2) is 0 Å². The van der Waals surface area contributed by atoms with E-state index in [0.29, 0.717) is 11.6 Å². The first-order valence-electron chi connectivity index (χ1n) is 7.46. The van der Waals surface area contributed by atoms with Crippen LogP contribution in [0, 0.1) is 15.5 Å². The highest BCUT2D eigenvalue weighted by molar-refractivity contribution is 5.54. The van der Waals surface area contributed by atoms with Gasteiger partial charge in [-0.2, -0.15) is 0 Å². The van der Waals surface area contributed by atoms with E-state index in [0.717, 1.165) is 13.0 Å². The van der Waals surface area contributed by atoms with Gasteiger partial charge in [0.1, 0.15) is 11.6 Å². The SMILES string of the molecule is CCCCCC(C)(C)CNc1cc([N+](=O)[O-])cc(NC)n1. The molecule has 21 heavy (non-hydrogen) atoms. The van der Waals surface area contributed by atoms with Crippen LogP contribution in [0.3, 0.4) is 0 Å². The number of rotatable bonds is 9. The summed E-state index contributed by atoms with van der Waals surface area (Å²) in [6.07, 6.45) is 4.78. The maximum atomic E-state index is 10.9. The summed E-state index contributed by atoms with van der Waals surface area (Å²) in [5, 5.41) is 17.0. The topological polar surface area (TPSA) is 80.1 Å². The van der Waals surface area contributed by atoms with Crippen molar-refractivity contribution in [1.29, 1.82) is 0 Å². The van der Waals surface area contributed by atoms with Crippen molar-refractivity contribution in [2.24, 2.45) is 5.41 Å². The Labute approximate surface area is 126 Å². The lowest BCUT2D eigenvalue weighted by molar-refractivity contribution is -0.384. The Balaban J connectivity index is 2.69. The molecule has 0 radical (unpaired) electrons. The molecule has 0 aromatic carbocycles. The van der Waals surface area contributed by atoms with Crippen molar-refractivity contribution in [2.45, 2.75) is 46.5 Å². The highest BCUT2D eigenvalue weighted by Gasteiger charge is 2.18. The minimum absolute atomic E-state index is 0.0423. The van der Waals surface area contributed by atoms with Gasteiger partial charge in [0, 0.05) is 13.6 Å². The zero-order valence-corrected chi connectivity index (χ0v) is 13.4. The molecule has 1 heterocycles. The first-order valence-corrected chi connectivity index (χ1v) is 7.46. The second kappa shape index (κ2) is 7.81. The summed E-state index contributed by atoms with van der Waals surface area (Å²) in [4.78, 5) is 14.8. The molecular formula is C15H26N4O2. The minimum Gasteiger partial charge on any atom is -0.373 e. The number of aromatic nitrogens is 1. The maximum absolute atomic E-state index is 10.9. The Morgan fingerprint density at radius 1 is 1.29 bits per heavy atom. The van der Waals surface area contributed by atoms with Crippen LogP contribution in [0.5, 0.6) is 0 Å². The summed E-state index contributed by atoms with van der Waals surface area (Å²) in [5.74, 6) is 1.03. The van der Waals surface area contributed by atoms with Crippen LogP contribution >= 0.6 is 0 Å². The summed E-state index contributed by atoms with van der Waals surface area (Å²) >= 11 is 0. The molecule has 0 aliphatic heterocycles. The third kappa shape index (κ3) is 5.97. The van der Waals surface area contributed by atoms with Gasteiger partial charge in [0.25, 0.3) is 5.69 Å². The number of unbranched alkanes of at least 4 members (excludes halogenated alkanes) is 2. The Morgan fingerprint density at radius 3 is 2.52 bits per heavy atom. The van der Waals surface area contributed by atoms with Crippen LogP contribution in [0.25, 0.3) is 0 Å². The van der Waals surface area contributed by atoms with Crippen LogP contribution in [0.15, 0.2) is 12.1 Å². The second-order valence-corrected chi connectivity index (χ2v) is 6.08. The molecule has 1 rings (SSSR count). The summed E-state index contributed by atoms with van der Waals surface area (Å²) in [5.41, 5.74) is 0.182. The number of hydrogen-bond acceptors (Lipinski definition) is 5. The molecule has 6 heteroatoms. The predicted molar refractivity (Wildman–Crippen MR) is 86.9 cm³/mol. The number of nitro groups is 1. The van der Waals surface area contributed by atoms with Gasteiger partial charge in [0.05, 0.1) is 17.1 Å². The van der Waals surface area contributed by atoms with Gasteiger partial charge in [-0.1, -0.05) is 40.0 Å². The molecule has 0 amide bonds. The van der Waals surface area contributed by atoms with E-state index in [1.165, 1.54) is 31.4 Å². The molecule has 118 valence electrons. The van der Waals surface area contributed by atoms with Crippen LogP contribution in [-0.2, 0) is 0 Å². The minimum atomic E-state index is -0.403. The fraction of sp³-hybridized carbons (Fsp3) is 0.667. The first kappa shape index (κ1) is 17.2. The van der Waals surface area contributed by atoms with Gasteiger partial charge in [-0.05, 0) is 11.8 Å². The van der Waals surface area contributed by atoms with Crippen molar-refractivity contribution in [2.75, 3.05) is 24.2 Å². The van der Waals surface area contributed by atoms with Crippen LogP contribution in [-0.4, -0.2) is 23.5 Å². The van der Waals surface area contributed by atoms with Gasteiger partial charge in [-0.3, -0.25) is 10.1 Å². The van der Waals surface area contributed by atoms with E-state index in [9.17, 15) is 10.1 Å². The molecule has 1 aromatic heterocycles. The quantitative estimate of drug-likeness (QED) is 0.408. The second-order valence-electron chi connectivity index (χ2n) is 6.08. The normalized spacial score (nSPS) is 11.2. The highest BCUT2D eigenvalue weighted by Crippen LogP contribution is 2.26. The average molecular weight is 294 g/mol. The standard InChI is InChI=1S/C15H26N4O2/c1-5-6-7-8-15(2,3)11-17-14-10-12(19(20)21)9-13(16-4)18-14/h9-10H,5-8,11H2,1-4H3,(H2,16,17,18). The van der Waals surface area contributed by atoms with Gasteiger partial charge in [0.2, 0.25) is 0 Å². The summed E-state index contributed by atoms with van der Waals surface area (Å²) in [6.45, 7) is 7.34. The Bertz CT molecular complexity index is 475. The molecule has 0 atom stereocenters. The highest BCUT2D eigenvalue weighted by atomic mass is 16.6. The van der Waals surface area contributed by atoms with Crippen LogP contribution in [0.4, 0.5) is 17.3 Å². The number of hydrogen-bond donors (Lipinski definition) is 2. The predicted octanol–water partition coefficient (Wildman–Crippen LogP) is 4.05. The zero-order valence-electron chi connectivity index (χ0n) is 13.4. The fourth-order valence-electron chi connectivity index (χ4n) is 2.11. The van der Waals surface area contributed by atoms with E-state index in [-0.39, 0.29) is 11.1 Å². The van der Waals surface area contributed by atoms with Crippen molar-refractivity contribution in [3.8, 4) is 0 Å². The van der Waals surface area contributed by atoms with Gasteiger partial charge >= 0.3 is 0 Å². The monoisotopic (exact) mass is 294 g/mol. The van der Waals surface area contributed by atoms with Crippen molar-refractivity contribution >= 4 is 17.3 Å². The lowest BCUT2D eigenvalue weighted by atomic mass is 9.87. The van der Waals surface area contributed by atoms with Crippen molar-refractivity contribution in [3.63, 3.8) is 0 Å². The molecule has 0 saturated carbocycles. The number of anilines is 2. The van der Waals surface area contributed by atoms with E-state index in [2.05, 4.69) is 36.4 Å². The van der Waals surface area contributed by atoms with Crippen molar-refractivity contribution in [1.82, 2.24) is 4.98 Å². The molecular weight excluding hydrogens is 268 g/mol.